The molecule has 0 aliphatic carbocycles. The third kappa shape index (κ3) is 2.41. The van der Waals surface area contributed by atoms with Gasteiger partial charge in [-0.2, -0.15) is 0 Å². The van der Waals surface area contributed by atoms with Gasteiger partial charge in [0.1, 0.15) is 0 Å². The van der Waals surface area contributed by atoms with E-state index in [0.717, 1.165) is 0 Å². The van der Waals surface area contributed by atoms with Crippen LogP contribution >= 0.6 is 11.3 Å². The molecule has 6 rings (SSSR count). The van der Waals surface area contributed by atoms with E-state index in [1.807, 2.05) is 11.3 Å². The van der Waals surface area contributed by atoms with E-state index in [1.165, 1.54) is 53.4 Å². The highest BCUT2D eigenvalue weighted by molar-refractivity contribution is 7.25. The molecular formula is C26H20N2S. The van der Waals surface area contributed by atoms with Gasteiger partial charge in [0, 0.05) is 56.4 Å². The van der Waals surface area contributed by atoms with Crippen LogP contribution in [-0.4, -0.2) is 18.7 Å². The highest BCUT2D eigenvalue weighted by Gasteiger charge is 2.15. The van der Waals surface area contributed by atoms with Gasteiger partial charge in [0.25, 0.3) is 0 Å². The molecular weight excluding hydrogens is 372 g/mol. The lowest BCUT2D eigenvalue weighted by Crippen LogP contribution is -2.07. The lowest BCUT2D eigenvalue weighted by Gasteiger charge is -2.11. The van der Waals surface area contributed by atoms with Crippen LogP contribution < -0.4 is 4.90 Å². The normalized spacial score (nSPS) is 11.8. The molecule has 2 nitrogen and oxygen atoms in total. The molecule has 3 heteroatoms. The number of fused-ring (bicyclic) bond motifs is 6. The van der Waals surface area contributed by atoms with Crippen molar-refractivity contribution in [3.05, 3.63) is 84.9 Å². The molecule has 29 heavy (non-hydrogen) atoms. The van der Waals surface area contributed by atoms with Crippen molar-refractivity contribution >= 4 is 59.0 Å². The number of benzene rings is 4. The molecule has 0 amide bonds. The third-order valence-electron chi connectivity index (χ3n) is 5.78. The minimum absolute atomic E-state index is 1.20. The molecule has 0 saturated carbocycles. The summed E-state index contributed by atoms with van der Waals surface area (Å²) in [7, 11) is 4.20. The fourth-order valence-corrected chi connectivity index (χ4v) is 5.46. The van der Waals surface area contributed by atoms with Crippen LogP contribution in [0.5, 0.6) is 0 Å². The predicted octanol–water partition coefficient (Wildman–Crippen LogP) is 7.22. The topological polar surface area (TPSA) is 8.17 Å². The smallest absolute Gasteiger partial charge is 0.0555 e. The molecule has 0 unspecified atom stereocenters. The van der Waals surface area contributed by atoms with Gasteiger partial charge >= 0.3 is 0 Å². The average molecular weight is 393 g/mol. The summed E-state index contributed by atoms with van der Waals surface area (Å²) in [5.41, 5.74) is 4.96. The number of hydrogen-bond acceptors (Lipinski definition) is 2. The van der Waals surface area contributed by atoms with Crippen LogP contribution in [0.1, 0.15) is 0 Å². The summed E-state index contributed by atoms with van der Waals surface area (Å²) in [6.45, 7) is 0. The zero-order valence-corrected chi connectivity index (χ0v) is 17.2. The van der Waals surface area contributed by atoms with E-state index in [9.17, 15) is 0 Å². The Labute approximate surface area is 173 Å². The predicted molar refractivity (Wildman–Crippen MR) is 128 cm³/mol. The number of hydrogen-bond donors (Lipinski definition) is 0. The Morgan fingerprint density at radius 3 is 2.21 bits per heavy atom. The fraction of sp³-hybridized carbons (Fsp3) is 0.0769. The first-order chi connectivity index (χ1) is 14.2. The van der Waals surface area contributed by atoms with E-state index >= 15 is 0 Å². The quantitative estimate of drug-likeness (QED) is 0.302. The maximum atomic E-state index is 2.39. The molecule has 0 atom stereocenters. The highest BCUT2D eigenvalue weighted by atomic mass is 32.1. The number of nitrogens with zero attached hydrogens (tertiary/aromatic N) is 2. The number of thiophene rings is 1. The van der Waals surface area contributed by atoms with Crippen LogP contribution in [0, 0.1) is 0 Å². The molecule has 4 aromatic carbocycles. The van der Waals surface area contributed by atoms with Crippen LogP contribution in [-0.2, 0) is 0 Å². The van der Waals surface area contributed by atoms with Crippen LogP contribution in [0.4, 0.5) is 5.69 Å². The van der Waals surface area contributed by atoms with E-state index in [4.69, 9.17) is 0 Å². The van der Waals surface area contributed by atoms with Crippen molar-refractivity contribution in [2.45, 2.75) is 0 Å². The number of anilines is 1. The van der Waals surface area contributed by atoms with Gasteiger partial charge in [-0.25, -0.2) is 0 Å². The van der Waals surface area contributed by atoms with E-state index in [0.29, 0.717) is 0 Å². The fourth-order valence-electron chi connectivity index (χ4n) is 4.36. The summed E-state index contributed by atoms with van der Waals surface area (Å²) in [6.07, 6.45) is 0. The molecule has 6 aromatic rings. The Balaban J connectivity index is 1.77. The number of aromatic nitrogens is 1. The van der Waals surface area contributed by atoms with E-state index in [-0.39, 0.29) is 0 Å². The van der Waals surface area contributed by atoms with Crippen molar-refractivity contribution in [1.29, 1.82) is 0 Å². The Hall–Kier alpha value is -3.30. The molecule has 0 fully saturated rings. The summed E-state index contributed by atoms with van der Waals surface area (Å²) < 4.78 is 5.07. The molecule has 2 aromatic heterocycles. The minimum atomic E-state index is 1.20. The third-order valence-corrected chi connectivity index (χ3v) is 6.91. The Morgan fingerprint density at radius 2 is 1.38 bits per heavy atom. The Kier molecular flexibility index (Phi) is 3.50. The molecule has 0 radical (unpaired) electrons. The van der Waals surface area contributed by atoms with Gasteiger partial charge in [-0.1, -0.05) is 36.4 Å². The first-order valence-electron chi connectivity index (χ1n) is 9.83. The van der Waals surface area contributed by atoms with Crippen molar-refractivity contribution in [3.8, 4) is 5.69 Å². The molecule has 0 spiro atoms. The minimum Gasteiger partial charge on any atom is -0.378 e. The van der Waals surface area contributed by atoms with E-state index in [1.54, 1.807) is 0 Å². The molecule has 0 aliphatic rings. The molecule has 0 bridgehead atoms. The second-order valence-corrected chi connectivity index (χ2v) is 8.81. The summed E-state index contributed by atoms with van der Waals surface area (Å²) in [5.74, 6) is 0. The van der Waals surface area contributed by atoms with Gasteiger partial charge in [-0.15, -0.1) is 11.3 Å². The van der Waals surface area contributed by atoms with Crippen LogP contribution in [0.25, 0.3) is 47.7 Å². The van der Waals surface area contributed by atoms with Crippen LogP contribution in [0.2, 0.25) is 0 Å². The lowest BCUT2D eigenvalue weighted by atomic mass is 10.1. The highest BCUT2D eigenvalue weighted by Crippen LogP contribution is 2.41. The number of para-hydroxylation sites is 2. The van der Waals surface area contributed by atoms with E-state index < -0.39 is 0 Å². The molecule has 0 saturated heterocycles. The first kappa shape index (κ1) is 16.6. The molecule has 0 N–H and O–H groups in total. The monoisotopic (exact) mass is 392 g/mol. The summed E-state index contributed by atoms with van der Waals surface area (Å²) in [4.78, 5) is 2.17. The van der Waals surface area contributed by atoms with Crippen LogP contribution in [0.15, 0.2) is 84.9 Å². The summed E-state index contributed by atoms with van der Waals surface area (Å²) >= 11 is 1.88. The zero-order valence-electron chi connectivity index (χ0n) is 16.4. The van der Waals surface area contributed by atoms with Gasteiger partial charge in [0.05, 0.1) is 11.0 Å². The largest absolute Gasteiger partial charge is 0.378 e. The van der Waals surface area contributed by atoms with Crippen molar-refractivity contribution < 1.29 is 0 Å². The van der Waals surface area contributed by atoms with Crippen molar-refractivity contribution in [3.63, 3.8) is 0 Å². The van der Waals surface area contributed by atoms with Gasteiger partial charge in [0.2, 0.25) is 0 Å². The van der Waals surface area contributed by atoms with Crippen molar-refractivity contribution in [2.24, 2.45) is 0 Å². The van der Waals surface area contributed by atoms with Gasteiger partial charge in [-0.05, 0) is 48.5 Å². The van der Waals surface area contributed by atoms with E-state index in [2.05, 4.69) is 108 Å². The van der Waals surface area contributed by atoms with Gasteiger partial charge in [0.15, 0.2) is 0 Å². The molecule has 2 heterocycles. The summed E-state index contributed by atoms with van der Waals surface area (Å²) in [5, 5.41) is 5.30. The zero-order chi connectivity index (χ0) is 19.5. The Bertz CT molecular complexity index is 1520. The van der Waals surface area contributed by atoms with Crippen molar-refractivity contribution in [2.75, 3.05) is 19.0 Å². The molecule has 140 valence electrons. The van der Waals surface area contributed by atoms with Gasteiger partial charge in [-0.3, -0.25) is 0 Å². The lowest BCUT2D eigenvalue weighted by molar-refractivity contribution is 1.14. The first-order valence-corrected chi connectivity index (χ1v) is 10.6. The van der Waals surface area contributed by atoms with Crippen molar-refractivity contribution in [1.82, 2.24) is 4.57 Å². The van der Waals surface area contributed by atoms with Gasteiger partial charge < -0.3 is 9.47 Å². The summed E-state index contributed by atoms with van der Waals surface area (Å²) in [6, 6.07) is 30.9. The number of rotatable bonds is 2. The molecule has 0 aliphatic heterocycles. The second kappa shape index (κ2) is 6.10. The Morgan fingerprint density at radius 1 is 0.621 bits per heavy atom. The SMILES string of the molecule is CN(C)c1ccc2sc3cc4c(cc3c2c1)c1ccccc1n4-c1ccccc1. The second-order valence-electron chi connectivity index (χ2n) is 7.73. The maximum Gasteiger partial charge on any atom is 0.0555 e. The maximum absolute atomic E-state index is 2.39. The van der Waals surface area contributed by atoms with Crippen LogP contribution in [0.3, 0.4) is 0 Å². The standard InChI is InChI=1S/C26H20N2S/c1-27(2)18-12-13-25-21(14-18)22-15-20-19-10-6-7-11-23(19)28(17-8-4-3-5-9-17)24(20)16-26(22)29-25/h3-16H,1-2H3. The average Bonchev–Trinajstić information content (AvgIpc) is 3.27.